The van der Waals surface area contributed by atoms with Gasteiger partial charge in [0.05, 0.1) is 0 Å². The number of phenolic OH excluding ortho intramolecular Hbond substituents is 2. The maximum Gasteiger partial charge on any atom is 4.00 e. The van der Waals surface area contributed by atoms with Crippen molar-refractivity contribution < 1.29 is 48.8 Å². The predicted octanol–water partition coefficient (Wildman–Crippen LogP) is 5.31. The second-order valence-electron chi connectivity index (χ2n) is 8.30. The van der Waals surface area contributed by atoms with Gasteiger partial charge in [-0.05, 0) is 23.3 Å². The molecule has 6 heteroatoms. The summed E-state index contributed by atoms with van der Waals surface area (Å²) in [6, 6.07) is 30.8. The molecule has 0 saturated heterocycles. The van der Waals surface area contributed by atoms with Crippen molar-refractivity contribution in [2.75, 3.05) is 0 Å². The van der Waals surface area contributed by atoms with E-state index < -0.39 is 0 Å². The van der Waals surface area contributed by atoms with Crippen LogP contribution in [0, 0.1) is 6.08 Å². The summed E-state index contributed by atoms with van der Waals surface area (Å²) in [5.74, 6) is 0.640. The zero-order valence-corrected chi connectivity index (χ0v) is 23.2. The first-order valence-electron chi connectivity index (χ1n) is 11.6. The molecule has 2 atom stereocenters. The van der Waals surface area contributed by atoms with Crippen molar-refractivity contribution in [3.63, 3.8) is 0 Å². The van der Waals surface area contributed by atoms with Gasteiger partial charge in [0.15, 0.2) is 0 Å². The molecule has 2 aliphatic heterocycles. The van der Waals surface area contributed by atoms with Crippen LogP contribution in [0.15, 0.2) is 115 Å². The zero-order chi connectivity index (χ0) is 24.0. The molecule has 0 fully saturated rings. The summed E-state index contributed by atoms with van der Waals surface area (Å²) in [6.45, 7) is 0. The Morgan fingerprint density at radius 1 is 0.595 bits per heavy atom. The van der Waals surface area contributed by atoms with E-state index in [2.05, 4.69) is 34.9 Å². The zero-order valence-electron chi connectivity index (χ0n) is 20.0. The molecule has 4 aromatic rings. The van der Waals surface area contributed by atoms with Crippen LogP contribution in [0.3, 0.4) is 0 Å². The molecule has 2 unspecified atom stereocenters. The average Bonchev–Trinajstić information content (AvgIpc) is 3.44. The van der Waals surface area contributed by atoms with Crippen molar-refractivity contribution in [2.45, 2.75) is 18.5 Å². The van der Waals surface area contributed by atoms with Crippen LogP contribution in [0.2, 0.25) is 0 Å². The van der Waals surface area contributed by atoms with Gasteiger partial charge in [-0.2, -0.15) is 6.08 Å². The third-order valence-electron chi connectivity index (χ3n) is 6.05. The maximum atomic E-state index is 9.71. The first-order chi connectivity index (χ1) is 17.2. The predicted molar refractivity (Wildman–Crippen MR) is 140 cm³/mol. The molecule has 182 valence electrons. The fourth-order valence-corrected chi connectivity index (χ4v) is 4.21. The van der Waals surface area contributed by atoms with E-state index >= 15 is 0 Å². The van der Waals surface area contributed by atoms with Crippen LogP contribution in [0.4, 0.5) is 11.4 Å². The van der Waals surface area contributed by atoms with Crippen molar-refractivity contribution in [1.82, 2.24) is 0 Å². The fourth-order valence-electron chi connectivity index (χ4n) is 4.21. The smallest absolute Gasteiger partial charge is 1.00 e. The Morgan fingerprint density at radius 2 is 1.00 bits per heavy atom. The molecule has 2 heterocycles. The van der Waals surface area contributed by atoms with Gasteiger partial charge in [-0.15, -0.1) is 17.8 Å². The number of allylic oxidation sites excluding steroid dienone is 4. The van der Waals surface area contributed by atoms with E-state index in [1.54, 1.807) is 12.1 Å². The Balaban J connectivity index is 0.000000166. The van der Waals surface area contributed by atoms with Gasteiger partial charge in [-0.25, -0.2) is 12.2 Å². The van der Waals surface area contributed by atoms with Crippen LogP contribution >= 0.6 is 0 Å². The Kier molecular flexibility index (Phi) is 10.2. The molecule has 37 heavy (non-hydrogen) atoms. The Morgan fingerprint density at radius 3 is 1.32 bits per heavy atom. The fraction of sp³-hybridized carbons (Fsp3) is 0.0968. The number of hydrogen-bond acceptors (Lipinski definition) is 2. The molecule has 0 spiro atoms. The van der Waals surface area contributed by atoms with Crippen LogP contribution in [-0.4, -0.2) is 10.2 Å². The van der Waals surface area contributed by atoms with Crippen LogP contribution in [0.1, 0.15) is 40.8 Å². The van der Waals surface area contributed by atoms with Gasteiger partial charge in [-0.3, -0.25) is 6.08 Å². The van der Waals surface area contributed by atoms with Gasteiger partial charge in [0, 0.05) is 0 Å². The maximum absolute atomic E-state index is 9.71. The minimum absolute atomic E-state index is 0. The summed E-state index contributed by atoms with van der Waals surface area (Å²) >= 11 is 0. The van der Waals surface area contributed by atoms with Crippen LogP contribution in [0.25, 0.3) is 10.6 Å². The van der Waals surface area contributed by atoms with E-state index in [1.165, 1.54) is 11.1 Å². The number of halogens is 1. The molecular weight excluding hydrogens is 559 g/mol. The van der Waals surface area contributed by atoms with Crippen LogP contribution in [-0.2, 0) is 26.2 Å². The summed E-state index contributed by atoms with van der Waals surface area (Å²) in [7, 11) is 0. The summed E-state index contributed by atoms with van der Waals surface area (Å²) in [6.07, 6.45) is 10.0. The van der Waals surface area contributed by atoms with Crippen molar-refractivity contribution in [3.8, 4) is 11.5 Å². The van der Waals surface area contributed by atoms with Gasteiger partial charge in [0.25, 0.3) is 0 Å². The number of para-hydroxylation sites is 4. The van der Waals surface area contributed by atoms with E-state index in [0.717, 1.165) is 28.9 Å². The third kappa shape index (κ3) is 6.36. The molecule has 4 aromatic carbocycles. The van der Waals surface area contributed by atoms with Gasteiger partial charge >= 0.3 is 26.2 Å². The number of fused-ring (bicyclic) bond motifs is 2. The van der Waals surface area contributed by atoms with Crippen molar-refractivity contribution >= 4 is 11.4 Å². The Hall–Kier alpha value is -3.27. The average molecular weight is 584 g/mol. The molecule has 0 aromatic heterocycles. The minimum atomic E-state index is 0. The number of benzene rings is 4. The normalized spacial score (nSPS) is 16.5. The molecule has 0 saturated carbocycles. The van der Waals surface area contributed by atoms with E-state index in [0.29, 0.717) is 11.5 Å². The SMILES string of the molecule is Oc1ccccc1C1[N-]c2ccccc21.Oc1ccccc1C1[N-]c2ccccc21.[C-]1=CC=CC1.[Cl-].[Zr+4]. The van der Waals surface area contributed by atoms with E-state index in [-0.39, 0.29) is 50.7 Å². The number of rotatable bonds is 2. The molecule has 7 rings (SSSR count). The third-order valence-corrected chi connectivity index (χ3v) is 6.05. The van der Waals surface area contributed by atoms with Crippen molar-refractivity contribution in [3.05, 3.63) is 154 Å². The number of nitrogens with zero attached hydrogens (tertiary/aromatic N) is 2. The largest absolute Gasteiger partial charge is 4.00 e. The number of phenols is 2. The van der Waals surface area contributed by atoms with Gasteiger partial charge in [0.2, 0.25) is 0 Å². The van der Waals surface area contributed by atoms with Crippen molar-refractivity contribution in [1.29, 1.82) is 0 Å². The van der Waals surface area contributed by atoms with Crippen molar-refractivity contribution in [2.24, 2.45) is 0 Å². The summed E-state index contributed by atoms with van der Waals surface area (Å²) in [4.78, 5) is 0. The van der Waals surface area contributed by atoms with E-state index in [1.807, 2.05) is 84.9 Å². The quantitative estimate of drug-likeness (QED) is 0.314. The summed E-state index contributed by atoms with van der Waals surface area (Å²) in [5.41, 5.74) is 6.22. The minimum Gasteiger partial charge on any atom is -1.00 e. The van der Waals surface area contributed by atoms with Gasteiger partial charge in [-0.1, -0.05) is 108 Å². The molecule has 3 aliphatic rings. The molecule has 4 nitrogen and oxygen atoms in total. The first kappa shape index (κ1) is 28.3. The topological polar surface area (TPSA) is 68.7 Å². The number of aromatic hydroxyl groups is 2. The van der Waals surface area contributed by atoms with Gasteiger partial charge < -0.3 is 33.3 Å². The Bertz CT molecular complexity index is 1280. The molecular formula is C31H25ClN2O2Zr. The van der Waals surface area contributed by atoms with Crippen LogP contribution < -0.4 is 12.4 Å². The second kappa shape index (κ2) is 13.3. The van der Waals surface area contributed by atoms with E-state index in [9.17, 15) is 10.2 Å². The monoisotopic (exact) mass is 582 g/mol. The number of hydrogen-bond donors (Lipinski definition) is 2. The second-order valence-corrected chi connectivity index (χ2v) is 8.30. The Labute approximate surface area is 243 Å². The summed E-state index contributed by atoms with van der Waals surface area (Å²) in [5, 5.41) is 28.3. The molecule has 0 amide bonds. The van der Waals surface area contributed by atoms with Crippen LogP contribution in [0.5, 0.6) is 11.5 Å². The van der Waals surface area contributed by atoms with Gasteiger partial charge in [0.1, 0.15) is 11.5 Å². The molecule has 1 aliphatic carbocycles. The molecule has 2 N–H and O–H groups in total. The standard InChI is InChI=1S/2C13H10NO.C5H5.ClH.Zr/c2*15-12-8-4-2-6-10(12)13-9-5-1-3-7-11(9)14-13;1-2-4-5-3-1;;/h2*1-8,13,15H;1-3H,4H2;1H;/q3*-1;;+4/p-1. The molecule has 0 radical (unpaired) electrons. The van der Waals surface area contributed by atoms with E-state index in [4.69, 9.17) is 0 Å². The first-order valence-corrected chi connectivity index (χ1v) is 11.6. The molecule has 0 bridgehead atoms. The summed E-state index contributed by atoms with van der Waals surface area (Å²) < 4.78 is 0.